The Morgan fingerprint density at radius 3 is 1.62 bits per heavy atom. The van der Waals surface area contributed by atoms with E-state index >= 15 is 0 Å². The van der Waals surface area contributed by atoms with Crippen LogP contribution in [0, 0.1) is 13.8 Å². The fourth-order valence-corrected chi connectivity index (χ4v) is 9.48. The summed E-state index contributed by atoms with van der Waals surface area (Å²) in [5.74, 6) is 0.183. The van der Waals surface area contributed by atoms with Crippen molar-refractivity contribution in [3.05, 3.63) is 190 Å². The van der Waals surface area contributed by atoms with Gasteiger partial charge in [-0.2, -0.15) is 0 Å². The summed E-state index contributed by atoms with van der Waals surface area (Å²) in [6, 6.07) is 36.8. The van der Waals surface area contributed by atoms with Gasteiger partial charge in [0, 0.05) is 95.4 Å². The molecule has 0 saturated carbocycles. The zero-order chi connectivity index (χ0) is 41.2. The number of fused-ring (bicyclic) bond motifs is 3. The molecule has 1 N–H and O–H groups in total. The molecule has 9 rings (SSSR count). The average Bonchev–Trinajstić information content (AvgIpc) is 3.99. The van der Waals surface area contributed by atoms with Crippen molar-refractivity contribution in [3.8, 4) is 11.3 Å². The molecule has 4 aromatic carbocycles. The molecule has 8 nitrogen and oxygen atoms in total. The Labute approximate surface area is 351 Å². The van der Waals surface area contributed by atoms with E-state index in [0.717, 1.165) is 77.5 Å². The first-order valence-electron chi connectivity index (χ1n) is 21.1. The Balaban J connectivity index is 1.02. The van der Waals surface area contributed by atoms with E-state index in [-0.39, 0.29) is 17.5 Å². The van der Waals surface area contributed by atoms with Crippen molar-refractivity contribution < 1.29 is 14.4 Å². The smallest absolute Gasteiger partial charge is 0.227 e. The molecule has 60 heavy (non-hydrogen) atoms. The number of pyridine rings is 2. The molecule has 1 amide bonds. The standard InChI is InChI=1S/C52H49N5O3/c1-34-27-35(2)29-43(28-34)50-46(47-30-38(7-16-48(47)55-50)31-49(58)57-44-12-13-45(57)15-14-44)21-26-56(32-36-3-8-39(9-4-36)51(59)41-17-22-53-23-18-41)33-37-5-10-40(11-6-37)52(60)42-19-24-54-25-20-42/h3-11,16-20,22-25,27-30,44-45,55H,12-15,21,26,31-33H2,1-2H3. The number of rotatable bonds is 14. The van der Waals surface area contributed by atoms with Gasteiger partial charge in [-0.05, 0) is 122 Å². The van der Waals surface area contributed by atoms with E-state index in [1.807, 2.05) is 48.5 Å². The molecule has 0 atom stereocenters. The number of aromatic amines is 1. The van der Waals surface area contributed by atoms with Crippen LogP contribution in [-0.2, 0) is 30.7 Å². The van der Waals surface area contributed by atoms with E-state index in [2.05, 4.69) is 75.0 Å². The highest BCUT2D eigenvalue weighted by atomic mass is 16.2. The van der Waals surface area contributed by atoms with E-state index in [1.165, 1.54) is 16.7 Å². The van der Waals surface area contributed by atoms with Crippen LogP contribution in [0.15, 0.2) is 134 Å². The number of benzene rings is 4. The fourth-order valence-electron chi connectivity index (χ4n) is 9.48. The first-order chi connectivity index (χ1) is 29.3. The lowest BCUT2D eigenvalue weighted by molar-refractivity contribution is -0.131. The number of ketones is 2. The number of nitrogens with one attached hydrogen (secondary N) is 1. The summed E-state index contributed by atoms with van der Waals surface area (Å²) in [7, 11) is 0. The van der Waals surface area contributed by atoms with E-state index < -0.39 is 0 Å². The normalized spacial score (nSPS) is 15.9. The summed E-state index contributed by atoms with van der Waals surface area (Å²) in [5.41, 5.74) is 12.7. The van der Waals surface area contributed by atoms with Gasteiger partial charge in [-0.15, -0.1) is 0 Å². The molecule has 0 aliphatic carbocycles. The Morgan fingerprint density at radius 1 is 0.617 bits per heavy atom. The zero-order valence-corrected chi connectivity index (χ0v) is 34.2. The van der Waals surface area contributed by atoms with Crippen molar-refractivity contribution in [3.63, 3.8) is 0 Å². The van der Waals surface area contributed by atoms with Gasteiger partial charge < -0.3 is 9.88 Å². The highest BCUT2D eigenvalue weighted by molar-refractivity contribution is 6.09. The molecule has 3 aromatic heterocycles. The Morgan fingerprint density at radius 2 is 1.10 bits per heavy atom. The molecule has 8 heteroatoms. The van der Waals surface area contributed by atoms with Crippen LogP contribution >= 0.6 is 0 Å². The minimum Gasteiger partial charge on any atom is -0.354 e. The van der Waals surface area contributed by atoms with Gasteiger partial charge in [0.1, 0.15) is 0 Å². The minimum absolute atomic E-state index is 0.0330. The predicted octanol–water partition coefficient (Wildman–Crippen LogP) is 9.64. The Bertz CT molecular complexity index is 2530. The zero-order valence-electron chi connectivity index (χ0n) is 34.2. The third kappa shape index (κ3) is 8.34. The Kier molecular flexibility index (Phi) is 11.0. The number of H-pyrrole nitrogens is 1. The lowest BCUT2D eigenvalue weighted by atomic mass is 9.98. The minimum atomic E-state index is -0.0330. The monoisotopic (exact) mass is 791 g/mol. The summed E-state index contributed by atoms with van der Waals surface area (Å²) >= 11 is 0. The largest absolute Gasteiger partial charge is 0.354 e. The van der Waals surface area contributed by atoms with E-state index in [9.17, 15) is 14.4 Å². The molecule has 0 unspecified atom stereocenters. The van der Waals surface area contributed by atoms with Crippen LogP contribution in [0.25, 0.3) is 22.2 Å². The SMILES string of the molecule is Cc1cc(C)cc(-c2[nH]c3ccc(CC(=O)N4C5CCC4CC5)cc3c2CCN(Cc2ccc(C(=O)c3ccncc3)cc2)Cc2ccc(C(=O)c3ccncc3)cc2)c1. The summed E-state index contributed by atoms with van der Waals surface area (Å²) < 4.78 is 0. The van der Waals surface area contributed by atoms with Crippen LogP contribution in [0.3, 0.4) is 0 Å². The van der Waals surface area contributed by atoms with Gasteiger partial charge in [-0.3, -0.25) is 29.3 Å². The third-order valence-electron chi connectivity index (χ3n) is 12.4. The number of hydrogen-bond acceptors (Lipinski definition) is 6. The molecule has 2 bridgehead atoms. The van der Waals surface area contributed by atoms with Gasteiger partial charge in [-0.25, -0.2) is 0 Å². The van der Waals surface area contributed by atoms with Gasteiger partial charge in [0.2, 0.25) is 5.91 Å². The van der Waals surface area contributed by atoms with Gasteiger partial charge in [0.05, 0.1) is 6.42 Å². The summed E-state index contributed by atoms with van der Waals surface area (Å²) in [5, 5.41) is 1.15. The highest BCUT2D eigenvalue weighted by Crippen LogP contribution is 2.38. The molecular weight excluding hydrogens is 743 g/mol. The molecule has 2 aliphatic heterocycles. The number of aryl methyl sites for hydroxylation is 2. The number of aromatic nitrogens is 3. The number of nitrogens with zero attached hydrogens (tertiary/aromatic N) is 4. The van der Waals surface area contributed by atoms with Crippen LogP contribution in [0.2, 0.25) is 0 Å². The van der Waals surface area contributed by atoms with Crippen molar-refractivity contribution in [1.82, 2.24) is 24.8 Å². The molecule has 7 aromatic rings. The second-order valence-corrected chi connectivity index (χ2v) is 16.7. The lowest BCUT2D eigenvalue weighted by Crippen LogP contribution is -2.36. The summed E-state index contributed by atoms with van der Waals surface area (Å²) in [6.45, 7) is 6.32. The van der Waals surface area contributed by atoms with Crippen molar-refractivity contribution in [2.45, 2.75) is 77.5 Å². The molecular formula is C52H49N5O3. The number of carbonyl (C=O) groups is 3. The number of carbonyl (C=O) groups excluding carboxylic acids is 3. The molecule has 5 heterocycles. The highest BCUT2D eigenvalue weighted by Gasteiger charge is 2.41. The van der Waals surface area contributed by atoms with Crippen LogP contribution in [0.4, 0.5) is 0 Å². The van der Waals surface area contributed by atoms with Gasteiger partial charge in [0.15, 0.2) is 11.6 Å². The predicted molar refractivity (Wildman–Crippen MR) is 236 cm³/mol. The van der Waals surface area contributed by atoms with Gasteiger partial charge in [0.25, 0.3) is 0 Å². The summed E-state index contributed by atoms with van der Waals surface area (Å²) in [4.78, 5) is 56.6. The molecule has 0 radical (unpaired) electrons. The molecule has 2 aliphatic rings. The average molecular weight is 792 g/mol. The second kappa shape index (κ2) is 17.0. The van der Waals surface area contributed by atoms with E-state index in [1.54, 1.807) is 49.1 Å². The topological polar surface area (TPSA) is 99.3 Å². The van der Waals surface area contributed by atoms with Crippen molar-refractivity contribution in [1.29, 1.82) is 0 Å². The van der Waals surface area contributed by atoms with Crippen LogP contribution in [0.5, 0.6) is 0 Å². The van der Waals surface area contributed by atoms with Crippen LogP contribution < -0.4 is 0 Å². The molecule has 2 saturated heterocycles. The van der Waals surface area contributed by atoms with Crippen molar-refractivity contribution >= 4 is 28.4 Å². The molecule has 2 fully saturated rings. The third-order valence-corrected chi connectivity index (χ3v) is 12.4. The van der Waals surface area contributed by atoms with Gasteiger partial charge >= 0.3 is 0 Å². The van der Waals surface area contributed by atoms with E-state index in [4.69, 9.17) is 0 Å². The maximum Gasteiger partial charge on any atom is 0.227 e. The van der Waals surface area contributed by atoms with Crippen LogP contribution in [0.1, 0.15) is 90.9 Å². The first-order valence-corrected chi connectivity index (χ1v) is 21.1. The van der Waals surface area contributed by atoms with Gasteiger partial charge in [-0.1, -0.05) is 71.8 Å². The quantitative estimate of drug-likeness (QED) is 0.110. The van der Waals surface area contributed by atoms with Crippen molar-refractivity contribution in [2.24, 2.45) is 0 Å². The first kappa shape index (κ1) is 39.0. The second-order valence-electron chi connectivity index (χ2n) is 16.7. The molecule has 300 valence electrons. The maximum atomic E-state index is 13.7. The lowest BCUT2D eigenvalue weighted by Gasteiger charge is -2.23. The Hall–Kier alpha value is -6.51. The molecule has 0 spiro atoms. The fraction of sp³-hybridized carbons (Fsp3) is 0.250. The van der Waals surface area contributed by atoms with Crippen molar-refractivity contribution in [2.75, 3.05) is 6.54 Å². The summed E-state index contributed by atoms with van der Waals surface area (Å²) in [6.07, 6.45) is 12.3. The number of amides is 1. The van der Waals surface area contributed by atoms with Crippen LogP contribution in [-0.4, -0.2) is 60.9 Å². The maximum absolute atomic E-state index is 13.7. The number of hydrogen-bond donors (Lipinski definition) is 1. The van der Waals surface area contributed by atoms with E-state index in [0.29, 0.717) is 53.8 Å².